The van der Waals surface area contributed by atoms with Gasteiger partial charge in [0, 0.05) is 24.2 Å². The number of hydrogen-bond acceptors (Lipinski definition) is 4. The molecule has 4 nitrogen and oxygen atoms in total. The van der Waals surface area contributed by atoms with Crippen LogP contribution in [0.1, 0.15) is 28.9 Å². The van der Waals surface area contributed by atoms with Crippen molar-refractivity contribution in [1.29, 1.82) is 0 Å². The molecule has 0 fully saturated rings. The fourth-order valence-corrected chi connectivity index (χ4v) is 2.40. The zero-order valence-corrected chi connectivity index (χ0v) is 11.0. The Morgan fingerprint density at radius 2 is 2.16 bits per heavy atom. The van der Waals surface area contributed by atoms with Crippen molar-refractivity contribution in [2.24, 2.45) is 5.73 Å². The van der Waals surface area contributed by atoms with E-state index >= 15 is 0 Å². The maximum absolute atomic E-state index is 5.92. The van der Waals surface area contributed by atoms with E-state index in [2.05, 4.69) is 16.0 Å². The van der Waals surface area contributed by atoms with E-state index in [0.717, 1.165) is 35.8 Å². The van der Waals surface area contributed by atoms with Crippen LogP contribution in [0.5, 0.6) is 5.75 Å². The molecule has 0 spiro atoms. The highest BCUT2D eigenvalue weighted by Gasteiger charge is 2.26. The summed E-state index contributed by atoms with van der Waals surface area (Å²) in [5.41, 5.74) is 8.77. The van der Waals surface area contributed by atoms with Crippen molar-refractivity contribution >= 4 is 0 Å². The zero-order chi connectivity index (χ0) is 13.2. The van der Waals surface area contributed by atoms with E-state index in [1.54, 1.807) is 0 Å². The van der Waals surface area contributed by atoms with Gasteiger partial charge < -0.3 is 10.5 Å². The van der Waals surface area contributed by atoms with Gasteiger partial charge in [0.1, 0.15) is 5.75 Å². The molecule has 2 heterocycles. The van der Waals surface area contributed by atoms with Crippen LogP contribution in [0.4, 0.5) is 0 Å². The average molecular weight is 255 g/mol. The van der Waals surface area contributed by atoms with Crippen LogP contribution in [-0.4, -0.2) is 16.5 Å². The van der Waals surface area contributed by atoms with Crippen LogP contribution in [0.3, 0.4) is 0 Å². The van der Waals surface area contributed by atoms with Crippen LogP contribution in [0.25, 0.3) is 0 Å². The first-order valence-electron chi connectivity index (χ1n) is 6.55. The largest absolute Gasteiger partial charge is 0.482 e. The summed E-state index contributed by atoms with van der Waals surface area (Å²) in [5, 5.41) is 0. The van der Waals surface area contributed by atoms with Crippen LogP contribution < -0.4 is 10.5 Å². The molecular formula is C15H17N3O. The van der Waals surface area contributed by atoms with Crippen molar-refractivity contribution in [2.75, 3.05) is 6.54 Å². The number of rotatable bonds is 3. The van der Waals surface area contributed by atoms with E-state index in [0.29, 0.717) is 6.54 Å². The summed E-state index contributed by atoms with van der Waals surface area (Å²) in [4.78, 5) is 9.08. The minimum Gasteiger partial charge on any atom is -0.482 e. The smallest absolute Gasteiger partial charge is 0.170 e. The standard InChI is InChI=1S/C15H17N3O/c1-10-8-12(6-7-16)18-15(17-10)14-9-11-4-2-3-5-13(11)19-14/h2-5,8,14H,6-7,9,16H2,1H3. The quantitative estimate of drug-likeness (QED) is 0.910. The molecule has 3 rings (SSSR count). The number of para-hydroxylation sites is 1. The Labute approximate surface area is 112 Å². The SMILES string of the molecule is Cc1cc(CCN)nc(C2Cc3ccccc3O2)n1. The van der Waals surface area contributed by atoms with E-state index in [-0.39, 0.29) is 6.10 Å². The predicted octanol–water partition coefficient (Wildman–Crippen LogP) is 1.96. The second-order valence-corrected chi connectivity index (χ2v) is 4.82. The number of fused-ring (bicyclic) bond motifs is 1. The number of nitrogens with zero attached hydrogens (tertiary/aromatic N) is 2. The Balaban J connectivity index is 1.88. The van der Waals surface area contributed by atoms with Crippen molar-refractivity contribution < 1.29 is 4.74 Å². The summed E-state index contributed by atoms with van der Waals surface area (Å²) in [6.07, 6.45) is 1.53. The van der Waals surface area contributed by atoms with Gasteiger partial charge in [-0.1, -0.05) is 18.2 Å². The molecule has 19 heavy (non-hydrogen) atoms. The molecule has 4 heteroatoms. The highest BCUT2D eigenvalue weighted by atomic mass is 16.5. The zero-order valence-electron chi connectivity index (χ0n) is 11.0. The van der Waals surface area contributed by atoms with Crippen LogP contribution >= 0.6 is 0 Å². The van der Waals surface area contributed by atoms with Gasteiger partial charge in [0.15, 0.2) is 11.9 Å². The highest BCUT2D eigenvalue weighted by molar-refractivity contribution is 5.38. The summed E-state index contributed by atoms with van der Waals surface area (Å²) in [6, 6.07) is 10.1. The van der Waals surface area contributed by atoms with Gasteiger partial charge in [0.2, 0.25) is 0 Å². The summed E-state index contributed by atoms with van der Waals surface area (Å²) >= 11 is 0. The third-order valence-corrected chi connectivity index (χ3v) is 3.26. The maximum Gasteiger partial charge on any atom is 0.170 e. The molecule has 1 aliphatic rings. The minimum absolute atomic E-state index is 0.0752. The number of aromatic nitrogens is 2. The molecule has 1 aromatic carbocycles. The van der Waals surface area contributed by atoms with Crippen molar-refractivity contribution in [3.63, 3.8) is 0 Å². The van der Waals surface area contributed by atoms with Crippen LogP contribution in [-0.2, 0) is 12.8 Å². The van der Waals surface area contributed by atoms with Crippen LogP contribution in [0.15, 0.2) is 30.3 Å². The molecule has 0 saturated carbocycles. The second kappa shape index (κ2) is 4.97. The molecule has 0 aliphatic carbocycles. The summed E-state index contributed by atoms with van der Waals surface area (Å²) < 4.78 is 5.92. The first-order chi connectivity index (χ1) is 9.26. The molecule has 2 aromatic rings. The lowest BCUT2D eigenvalue weighted by Crippen LogP contribution is -2.13. The van der Waals surface area contributed by atoms with Crippen LogP contribution in [0, 0.1) is 6.92 Å². The number of aryl methyl sites for hydroxylation is 1. The first kappa shape index (κ1) is 12.1. The second-order valence-electron chi connectivity index (χ2n) is 4.82. The Bertz CT molecular complexity index is 573. The Kier molecular flexibility index (Phi) is 3.17. The Morgan fingerprint density at radius 3 is 2.95 bits per heavy atom. The van der Waals surface area contributed by atoms with E-state index in [4.69, 9.17) is 10.5 Å². The highest BCUT2D eigenvalue weighted by Crippen LogP contribution is 2.35. The topological polar surface area (TPSA) is 61.0 Å². The molecule has 1 aliphatic heterocycles. The van der Waals surface area contributed by atoms with Crippen LogP contribution in [0.2, 0.25) is 0 Å². The molecular weight excluding hydrogens is 238 g/mol. The van der Waals surface area contributed by atoms with Gasteiger partial charge in [0.25, 0.3) is 0 Å². The van der Waals surface area contributed by atoms with Gasteiger partial charge in [-0.2, -0.15) is 0 Å². The normalized spacial score (nSPS) is 17.1. The molecule has 0 radical (unpaired) electrons. The van der Waals surface area contributed by atoms with Gasteiger partial charge in [-0.25, -0.2) is 9.97 Å². The van der Waals surface area contributed by atoms with Crippen molar-refractivity contribution in [2.45, 2.75) is 25.9 Å². The van der Waals surface area contributed by atoms with E-state index < -0.39 is 0 Å². The van der Waals surface area contributed by atoms with Gasteiger partial charge in [-0.15, -0.1) is 0 Å². The molecule has 2 N–H and O–H groups in total. The summed E-state index contributed by atoms with van der Waals surface area (Å²) in [7, 11) is 0. The van der Waals surface area contributed by atoms with E-state index in [9.17, 15) is 0 Å². The summed E-state index contributed by atoms with van der Waals surface area (Å²) in [5.74, 6) is 1.71. The fraction of sp³-hybridized carbons (Fsp3) is 0.333. The predicted molar refractivity (Wildman–Crippen MR) is 73.0 cm³/mol. The Morgan fingerprint density at radius 1 is 1.32 bits per heavy atom. The number of nitrogens with two attached hydrogens (primary N) is 1. The van der Waals surface area contributed by atoms with Crippen molar-refractivity contribution in [3.8, 4) is 5.75 Å². The van der Waals surface area contributed by atoms with Gasteiger partial charge in [-0.3, -0.25) is 0 Å². The Hall–Kier alpha value is -1.94. The molecule has 1 aromatic heterocycles. The van der Waals surface area contributed by atoms with Crippen molar-refractivity contribution in [3.05, 3.63) is 53.1 Å². The molecule has 0 amide bonds. The molecule has 0 bridgehead atoms. The minimum atomic E-state index is -0.0752. The summed E-state index contributed by atoms with van der Waals surface area (Å²) in [6.45, 7) is 2.58. The molecule has 98 valence electrons. The lowest BCUT2D eigenvalue weighted by Gasteiger charge is -2.11. The van der Waals surface area contributed by atoms with Crippen molar-refractivity contribution in [1.82, 2.24) is 9.97 Å². The van der Waals surface area contributed by atoms with Gasteiger partial charge >= 0.3 is 0 Å². The van der Waals surface area contributed by atoms with E-state index in [1.165, 1.54) is 5.56 Å². The third kappa shape index (κ3) is 2.44. The molecule has 1 atom stereocenters. The maximum atomic E-state index is 5.92. The number of hydrogen-bond donors (Lipinski definition) is 1. The average Bonchev–Trinajstić information content (AvgIpc) is 2.82. The third-order valence-electron chi connectivity index (χ3n) is 3.26. The fourth-order valence-electron chi connectivity index (χ4n) is 2.40. The lowest BCUT2D eigenvalue weighted by atomic mass is 10.1. The number of ether oxygens (including phenoxy) is 1. The molecule has 0 saturated heterocycles. The monoisotopic (exact) mass is 255 g/mol. The molecule has 1 unspecified atom stereocenters. The first-order valence-corrected chi connectivity index (χ1v) is 6.55. The van der Waals surface area contributed by atoms with Gasteiger partial charge in [0.05, 0.1) is 0 Å². The number of benzene rings is 1. The lowest BCUT2D eigenvalue weighted by molar-refractivity contribution is 0.227. The van der Waals surface area contributed by atoms with E-state index in [1.807, 2.05) is 31.2 Å². The van der Waals surface area contributed by atoms with Gasteiger partial charge in [-0.05, 0) is 31.2 Å².